The van der Waals surface area contributed by atoms with E-state index in [1.165, 1.54) is 4.90 Å². The lowest BCUT2D eigenvalue weighted by Gasteiger charge is -2.30. The Bertz CT molecular complexity index is 1600. The number of amides is 2. The van der Waals surface area contributed by atoms with Crippen molar-refractivity contribution in [2.24, 2.45) is 9.98 Å². The fourth-order valence-corrected chi connectivity index (χ4v) is 4.93. The van der Waals surface area contributed by atoms with Gasteiger partial charge in [0.05, 0.1) is 13.1 Å². The van der Waals surface area contributed by atoms with Crippen LogP contribution in [-0.2, 0) is 0 Å². The number of hydrogen-bond donors (Lipinski definition) is 2. The van der Waals surface area contributed by atoms with E-state index in [1.54, 1.807) is 67.0 Å². The maximum absolute atomic E-state index is 13.2. The summed E-state index contributed by atoms with van der Waals surface area (Å²) in [6, 6.07) is 23.2. The largest absolute Gasteiger partial charge is 0.507 e. The molecule has 206 valence electrons. The zero-order chi connectivity index (χ0) is 28.8. The topological polar surface area (TPSA) is 106 Å². The first-order valence-corrected chi connectivity index (χ1v) is 13.3. The molecule has 1 aliphatic heterocycles. The van der Waals surface area contributed by atoms with Gasteiger partial charge in [0.1, 0.15) is 11.5 Å². The number of imide groups is 1. The van der Waals surface area contributed by atoms with Crippen LogP contribution in [0.1, 0.15) is 31.8 Å². The molecule has 4 aromatic carbocycles. The van der Waals surface area contributed by atoms with E-state index < -0.39 is 0 Å². The molecular weight excluding hydrogens is 516 g/mol. The van der Waals surface area contributed by atoms with Crippen molar-refractivity contribution in [3.63, 3.8) is 0 Å². The molecule has 4 aromatic rings. The highest BCUT2D eigenvalue weighted by Gasteiger charge is 2.32. The van der Waals surface area contributed by atoms with Gasteiger partial charge in [-0.2, -0.15) is 0 Å². The third kappa shape index (κ3) is 5.72. The number of carbonyl (C=O) groups excluding carboxylic acids is 2. The molecule has 2 N–H and O–H groups in total. The second-order valence-electron chi connectivity index (χ2n) is 9.55. The third-order valence-electron chi connectivity index (χ3n) is 6.95. The van der Waals surface area contributed by atoms with E-state index >= 15 is 0 Å². The molecule has 1 aliphatic rings. The quantitative estimate of drug-likeness (QED) is 0.155. The van der Waals surface area contributed by atoms with E-state index in [2.05, 4.69) is 21.5 Å². The monoisotopic (exact) mass is 546 g/mol. The Morgan fingerprint density at radius 3 is 1.85 bits per heavy atom. The molecule has 0 unspecified atom stereocenters. The summed E-state index contributed by atoms with van der Waals surface area (Å²) >= 11 is 0. The van der Waals surface area contributed by atoms with Gasteiger partial charge < -0.3 is 15.1 Å². The van der Waals surface area contributed by atoms with Crippen molar-refractivity contribution in [1.82, 2.24) is 4.90 Å². The van der Waals surface area contributed by atoms with Crippen molar-refractivity contribution >= 4 is 40.7 Å². The number of aliphatic imine (C=N–C) groups is 2. The smallest absolute Gasteiger partial charge is 0.261 e. The second-order valence-corrected chi connectivity index (χ2v) is 9.55. The number of phenolic OH excluding ortho intramolecular Hbond substituents is 2. The normalized spacial score (nSPS) is 13.0. The van der Waals surface area contributed by atoms with Gasteiger partial charge >= 0.3 is 0 Å². The molecule has 0 radical (unpaired) electrons. The van der Waals surface area contributed by atoms with Crippen LogP contribution in [0.3, 0.4) is 0 Å². The first-order valence-electron chi connectivity index (χ1n) is 13.3. The molecule has 0 fully saturated rings. The SMILES string of the molecule is C=CCN1C(=O)c2cccc3c(N(CCN=Cc4ccccc4O)CCN=Cc4ccccc4O)ccc(c23)C1=O. The molecule has 5 rings (SSSR count). The van der Waals surface area contributed by atoms with Gasteiger partial charge in [-0.3, -0.25) is 24.5 Å². The highest BCUT2D eigenvalue weighted by atomic mass is 16.3. The van der Waals surface area contributed by atoms with Crippen molar-refractivity contribution in [2.45, 2.75) is 0 Å². The van der Waals surface area contributed by atoms with E-state index in [4.69, 9.17) is 0 Å². The number of hydrogen-bond acceptors (Lipinski definition) is 7. The van der Waals surface area contributed by atoms with Crippen LogP contribution < -0.4 is 4.90 Å². The molecule has 0 bridgehead atoms. The molecule has 2 amide bonds. The van der Waals surface area contributed by atoms with Gasteiger partial charge in [-0.15, -0.1) is 6.58 Å². The fourth-order valence-electron chi connectivity index (χ4n) is 4.93. The maximum atomic E-state index is 13.2. The summed E-state index contributed by atoms with van der Waals surface area (Å²) in [7, 11) is 0. The average molecular weight is 547 g/mol. The fraction of sp³-hybridized carbons (Fsp3) is 0.152. The summed E-state index contributed by atoms with van der Waals surface area (Å²) in [5, 5.41) is 21.5. The number of benzene rings is 4. The third-order valence-corrected chi connectivity index (χ3v) is 6.95. The van der Waals surface area contributed by atoms with Crippen molar-refractivity contribution in [3.05, 3.63) is 114 Å². The Balaban J connectivity index is 1.45. The molecular formula is C33H30N4O4. The summed E-state index contributed by atoms with van der Waals surface area (Å²) in [5.74, 6) is -0.350. The van der Waals surface area contributed by atoms with E-state index in [0.717, 1.165) is 11.1 Å². The summed E-state index contributed by atoms with van der Waals surface area (Å²) < 4.78 is 0. The molecule has 0 atom stereocenters. The Kier molecular flexibility index (Phi) is 8.20. The standard InChI is InChI=1S/C33H30N4O4/c1-2-18-37-32(40)26-11-7-10-25-28(15-14-27(31(25)26)33(37)41)36(19-16-34-21-23-8-3-5-12-29(23)38)20-17-35-22-24-9-4-6-13-30(24)39/h2-15,21-22,38-39H,1,16-20H2. The Labute approximate surface area is 238 Å². The molecule has 0 saturated carbocycles. The summed E-state index contributed by atoms with van der Waals surface area (Å²) in [4.78, 5) is 38.8. The van der Waals surface area contributed by atoms with Crippen LogP contribution in [0.25, 0.3) is 10.8 Å². The van der Waals surface area contributed by atoms with Crippen LogP contribution in [0.4, 0.5) is 5.69 Å². The zero-order valence-electron chi connectivity index (χ0n) is 22.5. The van der Waals surface area contributed by atoms with Crippen molar-refractivity contribution < 1.29 is 19.8 Å². The molecule has 41 heavy (non-hydrogen) atoms. The van der Waals surface area contributed by atoms with Crippen LogP contribution >= 0.6 is 0 Å². The summed E-state index contributed by atoms with van der Waals surface area (Å²) in [5.41, 5.74) is 3.09. The molecule has 8 heteroatoms. The number of phenols is 2. The number of anilines is 1. The molecule has 0 spiro atoms. The first-order chi connectivity index (χ1) is 20.0. The van der Waals surface area contributed by atoms with E-state index in [9.17, 15) is 19.8 Å². The zero-order valence-corrected chi connectivity index (χ0v) is 22.5. The minimum absolute atomic E-state index is 0.144. The first kappa shape index (κ1) is 27.3. The van der Waals surface area contributed by atoms with Gasteiger partial charge in [0, 0.05) is 70.8 Å². The molecule has 0 saturated heterocycles. The predicted octanol–water partition coefficient (Wildman–Crippen LogP) is 5.08. The van der Waals surface area contributed by atoms with Gasteiger partial charge in [0.15, 0.2) is 0 Å². The summed E-state index contributed by atoms with van der Waals surface area (Å²) in [6.45, 7) is 5.75. The van der Waals surface area contributed by atoms with Crippen molar-refractivity contribution in [3.8, 4) is 11.5 Å². The number of para-hydroxylation sites is 2. The summed E-state index contributed by atoms with van der Waals surface area (Å²) in [6.07, 6.45) is 4.84. The van der Waals surface area contributed by atoms with E-state index in [-0.39, 0.29) is 29.9 Å². The Hall–Kier alpha value is -5.24. The van der Waals surface area contributed by atoms with Gasteiger partial charge in [-0.1, -0.05) is 42.5 Å². The molecule has 0 aliphatic carbocycles. The van der Waals surface area contributed by atoms with E-state index in [0.29, 0.717) is 53.8 Å². The highest BCUT2D eigenvalue weighted by molar-refractivity contribution is 6.26. The van der Waals surface area contributed by atoms with Crippen LogP contribution in [0.15, 0.2) is 102 Å². The number of rotatable bonds is 11. The Morgan fingerprint density at radius 1 is 0.732 bits per heavy atom. The minimum Gasteiger partial charge on any atom is -0.507 e. The van der Waals surface area contributed by atoms with Gasteiger partial charge in [-0.05, 0) is 42.5 Å². The van der Waals surface area contributed by atoms with Crippen LogP contribution in [0.5, 0.6) is 11.5 Å². The number of aromatic hydroxyl groups is 2. The van der Waals surface area contributed by atoms with Gasteiger partial charge in [0.2, 0.25) is 0 Å². The second kappa shape index (κ2) is 12.3. The number of nitrogens with zero attached hydrogens (tertiary/aromatic N) is 4. The van der Waals surface area contributed by atoms with E-state index in [1.807, 2.05) is 30.3 Å². The predicted molar refractivity (Wildman–Crippen MR) is 163 cm³/mol. The van der Waals surface area contributed by atoms with Crippen molar-refractivity contribution in [1.29, 1.82) is 0 Å². The Morgan fingerprint density at radius 2 is 1.29 bits per heavy atom. The highest BCUT2D eigenvalue weighted by Crippen LogP contribution is 2.36. The average Bonchev–Trinajstić information content (AvgIpc) is 2.98. The van der Waals surface area contributed by atoms with Gasteiger partial charge in [0.25, 0.3) is 11.8 Å². The lowest BCUT2D eigenvalue weighted by atomic mass is 9.92. The van der Waals surface area contributed by atoms with Crippen LogP contribution in [-0.4, -0.2) is 72.1 Å². The van der Waals surface area contributed by atoms with Crippen LogP contribution in [0.2, 0.25) is 0 Å². The lowest BCUT2D eigenvalue weighted by molar-refractivity contribution is 0.0629. The maximum Gasteiger partial charge on any atom is 0.261 e. The number of carbonyl (C=O) groups is 2. The van der Waals surface area contributed by atoms with Gasteiger partial charge in [-0.25, -0.2) is 0 Å². The van der Waals surface area contributed by atoms with Crippen molar-refractivity contribution in [2.75, 3.05) is 37.6 Å². The molecule has 0 aromatic heterocycles. The molecule has 1 heterocycles. The van der Waals surface area contributed by atoms with Crippen LogP contribution in [0, 0.1) is 0 Å². The minimum atomic E-state index is -0.337. The molecule has 8 nitrogen and oxygen atoms in total. The lowest BCUT2D eigenvalue weighted by Crippen LogP contribution is -2.40.